The molecule has 2 aliphatic rings. The van der Waals surface area contributed by atoms with E-state index in [1.54, 1.807) is 0 Å². The SMILES string of the molecule is CCCC1(B2OC(C)(C)C(C)(C)O2)CCC(c2ccccc2)CC1. The highest BCUT2D eigenvalue weighted by Crippen LogP contribution is 2.57. The lowest BCUT2D eigenvalue weighted by Gasteiger charge is -2.41. The fourth-order valence-corrected chi connectivity index (χ4v) is 4.45. The van der Waals surface area contributed by atoms with E-state index < -0.39 is 0 Å². The van der Waals surface area contributed by atoms with Gasteiger partial charge in [-0.2, -0.15) is 0 Å². The van der Waals surface area contributed by atoms with E-state index in [0.717, 1.165) is 0 Å². The van der Waals surface area contributed by atoms with Crippen molar-refractivity contribution < 1.29 is 9.31 Å². The monoisotopic (exact) mass is 328 g/mol. The molecule has 132 valence electrons. The number of hydrogen-bond donors (Lipinski definition) is 0. The Hall–Kier alpha value is -0.795. The van der Waals surface area contributed by atoms with Gasteiger partial charge in [0.25, 0.3) is 0 Å². The summed E-state index contributed by atoms with van der Waals surface area (Å²) in [5.41, 5.74) is 1.04. The highest BCUT2D eigenvalue weighted by atomic mass is 16.7. The van der Waals surface area contributed by atoms with Gasteiger partial charge in [-0.1, -0.05) is 43.7 Å². The van der Waals surface area contributed by atoms with E-state index >= 15 is 0 Å². The van der Waals surface area contributed by atoms with E-state index in [-0.39, 0.29) is 23.6 Å². The topological polar surface area (TPSA) is 18.5 Å². The van der Waals surface area contributed by atoms with E-state index in [1.165, 1.54) is 44.1 Å². The molecule has 1 aromatic rings. The summed E-state index contributed by atoms with van der Waals surface area (Å²) in [6, 6.07) is 11.0. The molecule has 1 saturated heterocycles. The summed E-state index contributed by atoms with van der Waals surface area (Å²) in [4.78, 5) is 0. The van der Waals surface area contributed by atoms with Gasteiger partial charge in [-0.15, -0.1) is 0 Å². The molecule has 2 fully saturated rings. The molecule has 0 bridgehead atoms. The molecule has 1 saturated carbocycles. The van der Waals surface area contributed by atoms with Gasteiger partial charge in [-0.25, -0.2) is 0 Å². The highest BCUT2D eigenvalue weighted by molar-refractivity contribution is 6.49. The van der Waals surface area contributed by atoms with Gasteiger partial charge in [0.15, 0.2) is 0 Å². The lowest BCUT2D eigenvalue weighted by Crippen LogP contribution is -2.41. The van der Waals surface area contributed by atoms with Gasteiger partial charge in [0.2, 0.25) is 0 Å². The van der Waals surface area contributed by atoms with E-state index in [0.29, 0.717) is 5.92 Å². The van der Waals surface area contributed by atoms with Crippen molar-refractivity contribution in [3.05, 3.63) is 35.9 Å². The molecular weight excluding hydrogens is 295 g/mol. The van der Waals surface area contributed by atoms with Crippen molar-refractivity contribution in [2.75, 3.05) is 0 Å². The second-order valence-corrected chi connectivity index (χ2v) is 8.89. The normalized spacial score (nSPS) is 32.0. The Labute approximate surface area is 148 Å². The highest BCUT2D eigenvalue weighted by Gasteiger charge is 2.59. The summed E-state index contributed by atoms with van der Waals surface area (Å²) in [5, 5.41) is 0.186. The van der Waals surface area contributed by atoms with Crippen molar-refractivity contribution >= 4 is 7.12 Å². The quantitative estimate of drug-likeness (QED) is 0.633. The Morgan fingerprint density at radius 2 is 1.50 bits per heavy atom. The van der Waals surface area contributed by atoms with Crippen molar-refractivity contribution in [3.63, 3.8) is 0 Å². The zero-order valence-corrected chi connectivity index (χ0v) is 16.1. The first-order valence-corrected chi connectivity index (χ1v) is 9.70. The molecule has 1 aliphatic carbocycles. The largest absolute Gasteiger partial charge is 0.464 e. The van der Waals surface area contributed by atoms with Crippen LogP contribution in [-0.2, 0) is 9.31 Å². The smallest absolute Gasteiger partial charge is 0.403 e. The molecule has 0 unspecified atom stereocenters. The number of hydrogen-bond acceptors (Lipinski definition) is 2. The second kappa shape index (κ2) is 6.50. The first-order chi connectivity index (χ1) is 11.3. The third kappa shape index (κ3) is 3.18. The summed E-state index contributed by atoms with van der Waals surface area (Å²) in [6.45, 7) is 11.0. The molecule has 0 spiro atoms. The van der Waals surface area contributed by atoms with Crippen LogP contribution in [0.15, 0.2) is 30.3 Å². The van der Waals surface area contributed by atoms with E-state index in [4.69, 9.17) is 9.31 Å². The van der Waals surface area contributed by atoms with Crippen LogP contribution in [0.3, 0.4) is 0 Å². The fourth-order valence-electron chi connectivity index (χ4n) is 4.45. The van der Waals surface area contributed by atoms with Crippen LogP contribution >= 0.6 is 0 Å². The fraction of sp³-hybridized carbons (Fsp3) is 0.714. The molecule has 0 radical (unpaired) electrons. The van der Waals surface area contributed by atoms with Crippen molar-refractivity contribution in [2.45, 2.75) is 95.6 Å². The van der Waals surface area contributed by atoms with Crippen LogP contribution in [-0.4, -0.2) is 18.3 Å². The minimum Gasteiger partial charge on any atom is -0.403 e. The first-order valence-electron chi connectivity index (χ1n) is 9.70. The first kappa shape index (κ1) is 18.0. The van der Waals surface area contributed by atoms with Crippen LogP contribution in [0, 0.1) is 0 Å². The maximum absolute atomic E-state index is 6.48. The predicted octanol–water partition coefficient (Wildman–Crippen LogP) is 5.98. The van der Waals surface area contributed by atoms with Crippen LogP contribution < -0.4 is 0 Å². The third-order valence-corrected chi connectivity index (χ3v) is 6.75. The molecule has 1 aliphatic heterocycles. The molecule has 3 rings (SSSR count). The van der Waals surface area contributed by atoms with Crippen LogP contribution in [0.2, 0.25) is 5.31 Å². The summed E-state index contributed by atoms with van der Waals surface area (Å²) in [6.07, 6.45) is 7.29. The van der Waals surface area contributed by atoms with E-state index in [2.05, 4.69) is 65.0 Å². The van der Waals surface area contributed by atoms with Gasteiger partial charge in [-0.05, 0) is 71.3 Å². The maximum Gasteiger partial charge on any atom is 0.464 e. The van der Waals surface area contributed by atoms with E-state index in [9.17, 15) is 0 Å². The lowest BCUT2D eigenvalue weighted by molar-refractivity contribution is 0.00578. The number of rotatable bonds is 4. The number of benzene rings is 1. The Bertz CT molecular complexity index is 528. The zero-order valence-electron chi connectivity index (χ0n) is 16.1. The van der Waals surface area contributed by atoms with E-state index in [1.807, 2.05) is 0 Å². The Morgan fingerprint density at radius 3 is 2.00 bits per heavy atom. The van der Waals surface area contributed by atoms with Gasteiger partial charge in [0, 0.05) is 5.31 Å². The predicted molar refractivity (Wildman–Crippen MR) is 101 cm³/mol. The average molecular weight is 328 g/mol. The minimum atomic E-state index is -0.227. The average Bonchev–Trinajstić information content (AvgIpc) is 2.78. The van der Waals surface area contributed by atoms with Crippen molar-refractivity contribution in [1.29, 1.82) is 0 Å². The third-order valence-electron chi connectivity index (χ3n) is 6.75. The molecule has 0 aromatic heterocycles. The van der Waals surface area contributed by atoms with Gasteiger partial charge in [0.05, 0.1) is 11.2 Å². The Kier molecular flexibility index (Phi) is 4.87. The molecule has 24 heavy (non-hydrogen) atoms. The van der Waals surface area contributed by atoms with Crippen molar-refractivity contribution in [2.24, 2.45) is 0 Å². The van der Waals surface area contributed by atoms with Crippen LogP contribution in [0.1, 0.15) is 84.6 Å². The van der Waals surface area contributed by atoms with Crippen molar-refractivity contribution in [3.8, 4) is 0 Å². The Balaban J connectivity index is 1.75. The molecule has 1 heterocycles. The standard InChI is InChI=1S/C21H33BO2/c1-6-14-21(22-23-19(2,3)20(4,5)24-22)15-12-18(13-16-21)17-10-8-7-9-11-17/h7-11,18H,6,12-16H2,1-5H3. The molecular formula is C21H33BO2. The lowest BCUT2D eigenvalue weighted by atomic mass is 9.48. The summed E-state index contributed by atoms with van der Waals surface area (Å²) < 4.78 is 13.0. The summed E-state index contributed by atoms with van der Waals surface area (Å²) in [7, 11) is -0.0563. The summed E-state index contributed by atoms with van der Waals surface area (Å²) >= 11 is 0. The second-order valence-electron chi connectivity index (χ2n) is 8.89. The van der Waals surface area contributed by atoms with Crippen LogP contribution in [0.4, 0.5) is 0 Å². The zero-order chi connectivity index (χ0) is 17.4. The minimum absolute atomic E-state index is 0.0563. The molecule has 2 nitrogen and oxygen atoms in total. The van der Waals surface area contributed by atoms with Gasteiger partial charge in [-0.3, -0.25) is 0 Å². The Morgan fingerprint density at radius 1 is 0.958 bits per heavy atom. The van der Waals surface area contributed by atoms with Crippen molar-refractivity contribution in [1.82, 2.24) is 0 Å². The molecule has 0 atom stereocenters. The molecule has 1 aromatic carbocycles. The van der Waals surface area contributed by atoms with Gasteiger partial charge in [0.1, 0.15) is 0 Å². The molecule has 0 N–H and O–H groups in total. The molecule has 0 amide bonds. The maximum atomic E-state index is 6.48. The summed E-state index contributed by atoms with van der Waals surface area (Å²) in [5.74, 6) is 0.693. The van der Waals surface area contributed by atoms with Gasteiger partial charge >= 0.3 is 7.12 Å². The molecule has 3 heteroatoms. The van der Waals surface area contributed by atoms with Crippen LogP contribution in [0.25, 0.3) is 0 Å². The van der Waals surface area contributed by atoms with Gasteiger partial charge < -0.3 is 9.31 Å². The van der Waals surface area contributed by atoms with Crippen LogP contribution in [0.5, 0.6) is 0 Å².